The quantitative estimate of drug-likeness (QED) is 0.672. The van der Waals surface area contributed by atoms with Crippen LogP contribution in [0.25, 0.3) is 0 Å². The van der Waals surface area contributed by atoms with Crippen molar-refractivity contribution in [3.05, 3.63) is 0 Å². The van der Waals surface area contributed by atoms with Crippen LogP contribution in [0, 0.1) is 17.3 Å². The second-order valence-corrected chi connectivity index (χ2v) is 5.22. The third-order valence-corrected chi connectivity index (χ3v) is 4.25. The highest BCUT2D eigenvalue weighted by atomic mass is 16.5. The summed E-state index contributed by atoms with van der Waals surface area (Å²) in [5, 5.41) is 0. The van der Waals surface area contributed by atoms with E-state index in [9.17, 15) is 0 Å². The van der Waals surface area contributed by atoms with E-state index in [1.807, 2.05) is 0 Å². The van der Waals surface area contributed by atoms with Crippen LogP contribution in [-0.2, 0) is 4.74 Å². The fourth-order valence-corrected chi connectivity index (χ4v) is 2.91. The van der Waals surface area contributed by atoms with Crippen LogP contribution in [0.2, 0.25) is 0 Å². The van der Waals surface area contributed by atoms with E-state index in [0.29, 0.717) is 11.5 Å². The molecule has 1 aliphatic carbocycles. The number of rotatable bonds is 1. The van der Waals surface area contributed by atoms with E-state index in [-0.39, 0.29) is 0 Å². The highest BCUT2D eigenvalue weighted by molar-refractivity contribution is 5.02. The van der Waals surface area contributed by atoms with Gasteiger partial charge in [-0.3, -0.25) is 0 Å². The Balaban J connectivity index is 1.94. The molecule has 1 saturated heterocycles. The first-order valence-electron chi connectivity index (χ1n) is 5.45. The first-order chi connectivity index (χ1) is 6.12. The lowest BCUT2D eigenvalue weighted by Gasteiger charge is -2.54. The number of ether oxygens (including phenoxy) is 1. The van der Waals surface area contributed by atoms with Gasteiger partial charge >= 0.3 is 0 Å². The Morgan fingerprint density at radius 3 is 2.31 bits per heavy atom. The van der Waals surface area contributed by atoms with Crippen molar-refractivity contribution in [1.82, 2.24) is 0 Å². The molecule has 13 heavy (non-hydrogen) atoms. The average molecular weight is 183 g/mol. The summed E-state index contributed by atoms with van der Waals surface area (Å²) >= 11 is 0. The maximum atomic E-state index is 6.02. The maximum Gasteiger partial charge on any atom is 0.0468 e. The van der Waals surface area contributed by atoms with Crippen molar-refractivity contribution in [3.8, 4) is 0 Å². The molecule has 0 radical (unpaired) electrons. The summed E-state index contributed by atoms with van der Waals surface area (Å²) in [6.07, 6.45) is 3.74. The normalized spacial score (nSPS) is 39.9. The molecule has 76 valence electrons. The van der Waals surface area contributed by atoms with Gasteiger partial charge in [0.15, 0.2) is 0 Å². The lowest BCUT2D eigenvalue weighted by Crippen LogP contribution is -2.57. The van der Waals surface area contributed by atoms with Crippen LogP contribution in [0.3, 0.4) is 0 Å². The van der Waals surface area contributed by atoms with E-state index in [1.165, 1.54) is 19.3 Å². The van der Waals surface area contributed by atoms with Gasteiger partial charge in [-0.2, -0.15) is 0 Å². The standard InChI is InChI=1S/C11H21NO/c1-11(2)9(7-10(11)12)8-3-5-13-6-4-8/h8-10H,3-7,12H2,1-2H3. The molecule has 0 aromatic rings. The van der Waals surface area contributed by atoms with Crippen LogP contribution in [0.1, 0.15) is 33.1 Å². The van der Waals surface area contributed by atoms with Gasteiger partial charge in [0.1, 0.15) is 0 Å². The molecule has 0 bridgehead atoms. The Morgan fingerprint density at radius 2 is 1.85 bits per heavy atom. The zero-order chi connectivity index (χ0) is 9.47. The summed E-state index contributed by atoms with van der Waals surface area (Å²) in [7, 11) is 0. The monoisotopic (exact) mass is 183 g/mol. The van der Waals surface area contributed by atoms with E-state index in [0.717, 1.165) is 25.0 Å². The summed E-state index contributed by atoms with van der Waals surface area (Å²) < 4.78 is 5.38. The van der Waals surface area contributed by atoms with Crippen LogP contribution < -0.4 is 5.73 Å². The molecule has 2 nitrogen and oxygen atoms in total. The Hall–Kier alpha value is -0.0800. The molecule has 1 aliphatic heterocycles. The fourth-order valence-electron chi connectivity index (χ4n) is 2.91. The SMILES string of the molecule is CC1(C)C(N)CC1C1CCOCC1. The summed E-state index contributed by atoms with van der Waals surface area (Å²) in [6, 6.07) is 0.431. The molecular weight excluding hydrogens is 162 g/mol. The summed E-state index contributed by atoms with van der Waals surface area (Å²) in [5.74, 6) is 1.73. The molecule has 0 aromatic carbocycles. The first kappa shape index (κ1) is 9.47. The Bertz CT molecular complexity index is 185. The number of hydrogen-bond donors (Lipinski definition) is 1. The third-order valence-electron chi connectivity index (χ3n) is 4.25. The van der Waals surface area contributed by atoms with Crippen molar-refractivity contribution in [2.24, 2.45) is 23.0 Å². The van der Waals surface area contributed by atoms with Crippen molar-refractivity contribution in [2.75, 3.05) is 13.2 Å². The molecule has 2 rings (SSSR count). The lowest BCUT2D eigenvalue weighted by atomic mass is 9.53. The minimum Gasteiger partial charge on any atom is -0.381 e. The van der Waals surface area contributed by atoms with Gasteiger partial charge in [0.05, 0.1) is 0 Å². The lowest BCUT2D eigenvalue weighted by molar-refractivity contribution is -0.0510. The third kappa shape index (κ3) is 1.50. The molecule has 1 heterocycles. The highest BCUT2D eigenvalue weighted by Crippen LogP contribution is 2.51. The predicted octanol–water partition coefficient (Wildman–Crippen LogP) is 1.79. The molecule has 2 aliphatic rings. The Labute approximate surface area is 80.8 Å². The molecule has 2 atom stereocenters. The topological polar surface area (TPSA) is 35.2 Å². The first-order valence-corrected chi connectivity index (χ1v) is 5.45. The van der Waals surface area contributed by atoms with E-state index in [2.05, 4.69) is 13.8 Å². The fraction of sp³-hybridized carbons (Fsp3) is 1.00. The molecule has 0 aromatic heterocycles. The van der Waals surface area contributed by atoms with Crippen molar-refractivity contribution < 1.29 is 4.74 Å². The van der Waals surface area contributed by atoms with Gasteiger partial charge in [0.2, 0.25) is 0 Å². The van der Waals surface area contributed by atoms with Gasteiger partial charge < -0.3 is 10.5 Å². The van der Waals surface area contributed by atoms with Crippen LogP contribution in [0.15, 0.2) is 0 Å². The van der Waals surface area contributed by atoms with Crippen LogP contribution in [0.4, 0.5) is 0 Å². The molecule has 2 N–H and O–H groups in total. The van der Waals surface area contributed by atoms with E-state index >= 15 is 0 Å². The molecule has 2 heteroatoms. The molecule has 0 spiro atoms. The van der Waals surface area contributed by atoms with Gasteiger partial charge in [-0.05, 0) is 36.5 Å². The minimum atomic E-state index is 0.377. The second kappa shape index (κ2) is 3.25. The van der Waals surface area contributed by atoms with Crippen LogP contribution >= 0.6 is 0 Å². The summed E-state index contributed by atoms with van der Waals surface area (Å²) in [6.45, 7) is 6.57. The largest absolute Gasteiger partial charge is 0.381 e. The second-order valence-electron chi connectivity index (χ2n) is 5.22. The number of hydrogen-bond acceptors (Lipinski definition) is 2. The smallest absolute Gasteiger partial charge is 0.0468 e. The predicted molar refractivity (Wildman–Crippen MR) is 53.4 cm³/mol. The van der Waals surface area contributed by atoms with Crippen molar-refractivity contribution in [3.63, 3.8) is 0 Å². The summed E-state index contributed by atoms with van der Waals surface area (Å²) in [4.78, 5) is 0. The zero-order valence-electron chi connectivity index (χ0n) is 8.75. The van der Waals surface area contributed by atoms with Gasteiger partial charge in [0, 0.05) is 19.3 Å². The molecular formula is C11H21NO. The molecule has 1 saturated carbocycles. The molecule has 2 unspecified atom stereocenters. The van der Waals surface area contributed by atoms with Crippen molar-refractivity contribution in [1.29, 1.82) is 0 Å². The van der Waals surface area contributed by atoms with Crippen LogP contribution in [0.5, 0.6) is 0 Å². The van der Waals surface area contributed by atoms with Crippen molar-refractivity contribution in [2.45, 2.75) is 39.2 Å². The van der Waals surface area contributed by atoms with Crippen LogP contribution in [-0.4, -0.2) is 19.3 Å². The highest BCUT2D eigenvalue weighted by Gasteiger charge is 2.49. The van der Waals surface area contributed by atoms with Gasteiger partial charge in [-0.25, -0.2) is 0 Å². The van der Waals surface area contributed by atoms with Gasteiger partial charge in [0.25, 0.3) is 0 Å². The molecule has 2 fully saturated rings. The Kier molecular flexibility index (Phi) is 2.37. The minimum absolute atomic E-state index is 0.377. The molecule has 0 amide bonds. The van der Waals surface area contributed by atoms with Gasteiger partial charge in [-0.1, -0.05) is 13.8 Å². The van der Waals surface area contributed by atoms with Crippen molar-refractivity contribution >= 4 is 0 Å². The Morgan fingerprint density at radius 1 is 1.23 bits per heavy atom. The van der Waals surface area contributed by atoms with E-state index in [4.69, 9.17) is 10.5 Å². The average Bonchev–Trinajstić information content (AvgIpc) is 2.15. The van der Waals surface area contributed by atoms with Gasteiger partial charge in [-0.15, -0.1) is 0 Å². The maximum absolute atomic E-state index is 6.02. The summed E-state index contributed by atoms with van der Waals surface area (Å²) in [5.41, 5.74) is 6.40. The zero-order valence-corrected chi connectivity index (χ0v) is 8.75. The number of nitrogens with two attached hydrogens (primary N) is 1. The van der Waals surface area contributed by atoms with E-state index in [1.54, 1.807) is 0 Å². The van der Waals surface area contributed by atoms with E-state index < -0.39 is 0 Å².